The van der Waals surface area contributed by atoms with Crippen LogP contribution >= 0.6 is 0 Å². The normalized spacial score (nSPS) is 14.8. The Bertz CT molecular complexity index is 946. The van der Waals surface area contributed by atoms with Gasteiger partial charge < -0.3 is 20.3 Å². The number of nitriles is 1. The molecule has 1 amide bonds. The monoisotopic (exact) mass is 450 g/mol. The Morgan fingerprint density at radius 2 is 2.00 bits per heavy atom. The number of carbonyl (C=O) groups is 1. The molecule has 0 bridgehead atoms. The molecular formula is C25H34N6O2. The average Bonchev–Trinajstić information content (AvgIpc) is 2.85. The molecule has 0 spiro atoms. The maximum absolute atomic E-state index is 12.7. The maximum Gasteiger partial charge on any atom is 0.251 e. The molecule has 1 aromatic carbocycles. The minimum absolute atomic E-state index is 0.108. The van der Waals surface area contributed by atoms with Crippen LogP contribution in [-0.2, 0) is 11.3 Å². The number of nitrogens with one attached hydrogen (secondary N) is 2. The molecule has 3 rings (SSSR count). The van der Waals surface area contributed by atoms with Gasteiger partial charge in [0.15, 0.2) is 0 Å². The molecule has 1 aliphatic heterocycles. The molecule has 0 radical (unpaired) electrons. The van der Waals surface area contributed by atoms with Crippen molar-refractivity contribution >= 4 is 11.7 Å². The van der Waals surface area contributed by atoms with E-state index in [2.05, 4.69) is 51.5 Å². The lowest BCUT2D eigenvalue weighted by Gasteiger charge is -2.32. The standard InChI is InChI=1S/C25H34N6O2/c1-18(2)15-28-24-22(16-27-23(14-26)30-24)17-29-25(32)21-6-4-19(5-7-21)20-8-10-31(11-9-20)12-13-33-3/h4-7,16,18,20H,8-13,15,17H2,1-3H3,(H,29,32)(H,27,28,30). The predicted octanol–water partition coefficient (Wildman–Crippen LogP) is 3.17. The highest BCUT2D eigenvalue weighted by molar-refractivity contribution is 5.94. The molecule has 8 nitrogen and oxygen atoms in total. The van der Waals surface area contributed by atoms with Gasteiger partial charge in [-0.3, -0.25) is 4.79 Å². The third kappa shape index (κ3) is 7.24. The van der Waals surface area contributed by atoms with Crippen molar-refractivity contribution in [1.82, 2.24) is 20.2 Å². The molecule has 176 valence electrons. The van der Waals surface area contributed by atoms with Gasteiger partial charge in [-0.2, -0.15) is 5.26 Å². The second-order valence-electron chi connectivity index (χ2n) is 8.87. The molecule has 2 aromatic rings. The van der Waals surface area contributed by atoms with E-state index in [1.165, 1.54) is 5.56 Å². The van der Waals surface area contributed by atoms with Crippen molar-refractivity contribution in [3.8, 4) is 6.07 Å². The quantitative estimate of drug-likeness (QED) is 0.573. The minimum Gasteiger partial charge on any atom is -0.383 e. The molecule has 1 fully saturated rings. The number of rotatable bonds is 10. The summed E-state index contributed by atoms with van der Waals surface area (Å²) < 4.78 is 5.18. The number of aromatic nitrogens is 2. The highest BCUT2D eigenvalue weighted by atomic mass is 16.5. The second-order valence-corrected chi connectivity index (χ2v) is 8.87. The number of ether oxygens (including phenoxy) is 1. The number of likely N-dealkylation sites (tertiary alicyclic amines) is 1. The van der Waals surface area contributed by atoms with Crippen LogP contribution in [0, 0.1) is 17.2 Å². The number of hydrogen-bond donors (Lipinski definition) is 2. The number of carbonyl (C=O) groups excluding carboxylic acids is 1. The van der Waals surface area contributed by atoms with Crippen molar-refractivity contribution in [1.29, 1.82) is 5.26 Å². The zero-order valence-electron chi connectivity index (χ0n) is 19.8. The highest BCUT2D eigenvalue weighted by Gasteiger charge is 2.20. The number of amides is 1. The lowest BCUT2D eigenvalue weighted by molar-refractivity contribution is 0.0951. The molecule has 33 heavy (non-hydrogen) atoms. The molecule has 1 saturated heterocycles. The van der Waals surface area contributed by atoms with Gasteiger partial charge in [-0.15, -0.1) is 0 Å². The van der Waals surface area contributed by atoms with E-state index in [4.69, 9.17) is 10.00 Å². The van der Waals surface area contributed by atoms with E-state index < -0.39 is 0 Å². The molecule has 2 N–H and O–H groups in total. The zero-order chi connectivity index (χ0) is 23.6. The summed E-state index contributed by atoms with van der Waals surface area (Å²) in [6.45, 7) is 9.11. The third-order valence-corrected chi connectivity index (χ3v) is 5.93. The van der Waals surface area contributed by atoms with Gasteiger partial charge in [0, 0.05) is 44.1 Å². The fourth-order valence-corrected chi connectivity index (χ4v) is 3.94. The lowest BCUT2D eigenvalue weighted by atomic mass is 9.89. The van der Waals surface area contributed by atoms with E-state index in [9.17, 15) is 4.79 Å². The van der Waals surface area contributed by atoms with Crippen LogP contribution in [0.1, 0.15) is 59.9 Å². The Hall–Kier alpha value is -3.02. The zero-order valence-corrected chi connectivity index (χ0v) is 19.8. The van der Waals surface area contributed by atoms with Gasteiger partial charge in [0.05, 0.1) is 6.61 Å². The SMILES string of the molecule is COCCN1CCC(c2ccc(C(=O)NCc3cnc(C#N)nc3NCC(C)C)cc2)CC1. The van der Waals surface area contributed by atoms with E-state index in [1.807, 2.05) is 18.2 Å². The van der Waals surface area contributed by atoms with E-state index >= 15 is 0 Å². The average molecular weight is 451 g/mol. The minimum atomic E-state index is -0.143. The predicted molar refractivity (Wildman–Crippen MR) is 128 cm³/mol. The Morgan fingerprint density at radius 3 is 2.64 bits per heavy atom. The van der Waals surface area contributed by atoms with Gasteiger partial charge in [0.25, 0.3) is 5.91 Å². The Morgan fingerprint density at radius 1 is 1.27 bits per heavy atom. The summed E-state index contributed by atoms with van der Waals surface area (Å²) in [6, 6.07) is 9.90. The molecule has 8 heteroatoms. The van der Waals surface area contributed by atoms with Crippen molar-refractivity contribution in [3.05, 3.63) is 53.0 Å². The smallest absolute Gasteiger partial charge is 0.251 e. The summed E-state index contributed by atoms with van der Waals surface area (Å²) in [5.41, 5.74) is 2.67. The number of anilines is 1. The molecular weight excluding hydrogens is 416 g/mol. The molecule has 1 aromatic heterocycles. The Labute approximate surface area is 196 Å². The van der Waals surface area contributed by atoms with Crippen molar-refractivity contribution in [2.75, 3.05) is 45.2 Å². The van der Waals surface area contributed by atoms with Gasteiger partial charge in [-0.05, 0) is 55.5 Å². The van der Waals surface area contributed by atoms with Gasteiger partial charge >= 0.3 is 0 Å². The largest absolute Gasteiger partial charge is 0.383 e. The van der Waals surface area contributed by atoms with Crippen LogP contribution in [0.15, 0.2) is 30.5 Å². The fourth-order valence-electron chi connectivity index (χ4n) is 3.94. The summed E-state index contributed by atoms with van der Waals surface area (Å²) in [5, 5.41) is 15.3. The summed E-state index contributed by atoms with van der Waals surface area (Å²) >= 11 is 0. The van der Waals surface area contributed by atoms with E-state index in [1.54, 1.807) is 13.3 Å². The summed E-state index contributed by atoms with van der Waals surface area (Å²) in [7, 11) is 1.74. The maximum atomic E-state index is 12.7. The van der Waals surface area contributed by atoms with Crippen LogP contribution in [0.5, 0.6) is 0 Å². The van der Waals surface area contributed by atoms with Crippen molar-refractivity contribution in [2.24, 2.45) is 5.92 Å². The van der Waals surface area contributed by atoms with Crippen molar-refractivity contribution in [2.45, 2.75) is 39.2 Å². The van der Waals surface area contributed by atoms with Crippen LogP contribution in [0.3, 0.4) is 0 Å². The van der Waals surface area contributed by atoms with Gasteiger partial charge in [0.2, 0.25) is 5.82 Å². The highest BCUT2D eigenvalue weighted by Crippen LogP contribution is 2.28. The number of piperidine rings is 1. The number of methoxy groups -OCH3 is 1. The Kier molecular flexibility index (Phi) is 9.16. The first kappa shape index (κ1) is 24.6. The number of nitrogens with zero attached hydrogens (tertiary/aromatic N) is 4. The lowest BCUT2D eigenvalue weighted by Crippen LogP contribution is -2.35. The third-order valence-electron chi connectivity index (χ3n) is 5.93. The summed E-state index contributed by atoms with van der Waals surface area (Å²) in [4.78, 5) is 23.5. The number of benzene rings is 1. The van der Waals surface area contributed by atoms with Gasteiger partial charge in [-0.1, -0.05) is 26.0 Å². The fraction of sp³-hybridized carbons (Fsp3) is 0.520. The Balaban J connectivity index is 1.56. The molecule has 0 aliphatic carbocycles. The van der Waals surface area contributed by atoms with E-state index in [-0.39, 0.29) is 18.3 Å². The van der Waals surface area contributed by atoms with Crippen molar-refractivity contribution < 1.29 is 9.53 Å². The van der Waals surface area contributed by atoms with Gasteiger partial charge in [-0.25, -0.2) is 9.97 Å². The van der Waals surface area contributed by atoms with Crippen LogP contribution in [-0.4, -0.2) is 60.7 Å². The molecule has 2 heterocycles. The first-order chi connectivity index (χ1) is 16.0. The molecule has 0 atom stereocenters. The summed E-state index contributed by atoms with van der Waals surface area (Å²) in [5.74, 6) is 1.50. The number of hydrogen-bond acceptors (Lipinski definition) is 7. The van der Waals surface area contributed by atoms with Crippen LogP contribution in [0.25, 0.3) is 0 Å². The molecule has 0 saturated carbocycles. The second kappa shape index (κ2) is 12.3. The van der Waals surface area contributed by atoms with E-state index in [0.717, 1.165) is 51.2 Å². The molecule has 0 unspecified atom stereocenters. The van der Waals surface area contributed by atoms with Gasteiger partial charge in [0.1, 0.15) is 11.9 Å². The molecule has 1 aliphatic rings. The van der Waals surface area contributed by atoms with Crippen LogP contribution < -0.4 is 10.6 Å². The first-order valence-electron chi connectivity index (χ1n) is 11.6. The van der Waals surface area contributed by atoms with Crippen molar-refractivity contribution in [3.63, 3.8) is 0 Å². The van der Waals surface area contributed by atoms with E-state index in [0.29, 0.717) is 23.2 Å². The first-order valence-corrected chi connectivity index (χ1v) is 11.6. The topological polar surface area (TPSA) is 103 Å². The summed E-state index contributed by atoms with van der Waals surface area (Å²) in [6.07, 6.45) is 3.84. The van der Waals surface area contributed by atoms with Crippen LogP contribution in [0.4, 0.5) is 5.82 Å². The van der Waals surface area contributed by atoms with Crippen LogP contribution in [0.2, 0.25) is 0 Å².